The first-order valence-corrected chi connectivity index (χ1v) is 8.11. The van der Waals surface area contributed by atoms with Crippen molar-refractivity contribution in [2.45, 2.75) is 38.6 Å². The summed E-state index contributed by atoms with van der Waals surface area (Å²) < 4.78 is 5.59. The molecule has 0 saturated heterocycles. The third kappa shape index (κ3) is 5.06. The average molecular weight is 332 g/mol. The lowest BCUT2D eigenvalue weighted by Gasteiger charge is -2.28. The van der Waals surface area contributed by atoms with Crippen molar-refractivity contribution >= 4 is 6.03 Å². The van der Waals surface area contributed by atoms with Crippen molar-refractivity contribution in [2.75, 3.05) is 13.2 Å². The fourth-order valence-electron chi connectivity index (χ4n) is 2.23. The molecule has 1 aromatic carbocycles. The van der Waals surface area contributed by atoms with Gasteiger partial charge in [0, 0.05) is 30.7 Å². The van der Waals surface area contributed by atoms with E-state index in [9.17, 15) is 4.79 Å². The fourth-order valence-corrected chi connectivity index (χ4v) is 2.23. The molecular weight excluding hydrogens is 308 g/mol. The summed E-state index contributed by atoms with van der Waals surface area (Å²) in [6, 6.07) is 9.26. The van der Waals surface area contributed by atoms with Crippen LogP contribution in [0.2, 0.25) is 0 Å². The number of rotatable bonds is 8. The minimum Gasteiger partial charge on any atom is -0.421 e. The molecule has 7 nitrogen and oxygen atoms in total. The average Bonchev–Trinajstić information content (AvgIpc) is 3.05. The number of nitrogens with zero attached hydrogens (tertiary/aromatic N) is 2. The number of carbonyl (C=O) groups is 1. The summed E-state index contributed by atoms with van der Waals surface area (Å²) in [6.45, 7) is 4.31. The van der Waals surface area contributed by atoms with Crippen LogP contribution in [0, 0.1) is 0 Å². The Morgan fingerprint density at radius 3 is 2.71 bits per heavy atom. The second-order valence-corrected chi connectivity index (χ2v) is 5.89. The van der Waals surface area contributed by atoms with Crippen LogP contribution in [-0.2, 0) is 6.42 Å². The van der Waals surface area contributed by atoms with E-state index in [-0.39, 0.29) is 12.6 Å². The van der Waals surface area contributed by atoms with E-state index in [4.69, 9.17) is 9.52 Å². The molecule has 0 saturated carbocycles. The Morgan fingerprint density at radius 2 is 2.04 bits per heavy atom. The minimum absolute atomic E-state index is 0.0366. The molecule has 1 atom stereocenters. The number of amides is 2. The summed E-state index contributed by atoms with van der Waals surface area (Å²) in [5.74, 6) is 0.944. The van der Waals surface area contributed by atoms with Gasteiger partial charge >= 0.3 is 6.03 Å². The Morgan fingerprint density at radius 1 is 1.29 bits per heavy atom. The highest BCUT2D eigenvalue weighted by atomic mass is 16.4. The van der Waals surface area contributed by atoms with Crippen LogP contribution in [0.3, 0.4) is 0 Å². The van der Waals surface area contributed by atoms with Crippen LogP contribution >= 0.6 is 0 Å². The van der Waals surface area contributed by atoms with Gasteiger partial charge in [-0.05, 0) is 31.9 Å². The Hall–Kier alpha value is -2.41. The summed E-state index contributed by atoms with van der Waals surface area (Å²) in [4.78, 5) is 11.9. The van der Waals surface area contributed by atoms with E-state index >= 15 is 0 Å². The monoisotopic (exact) mass is 332 g/mol. The van der Waals surface area contributed by atoms with Gasteiger partial charge in [0.15, 0.2) is 0 Å². The molecule has 0 spiro atoms. The molecule has 0 fully saturated rings. The summed E-state index contributed by atoms with van der Waals surface area (Å²) in [6.07, 6.45) is 1.71. The molecule has 2 aromatic rings. The Bertz CT molecular complexity index is 644. The molecule has 2 amide bonds. The van der Waals surface area contributed by atoms with Gasteiger partial charge < -0.3 is 20.2 Å². The molecule has 0 aliphatic heterocycles. The molecule has 0 aliphatic carbocycles. The molecule has 1 heterocycles. The number of urea groups is 1. The fraction of sp³-hybridized carbons (Fsp3) is 0.471. The summed E-state index contributed by atoms with van der Waals surface area (Å²) >= 11 is 0. The second-order valence-electron chi connectivity index (χ2n) is 5.89. The molecule has 2 rings (SSSR count). The van der Waals surface area contributed by atoms with E-state index in [1.165, 1.54) is 0 Å². The van der Waals surface area contributed by atoms with Gasteiger partial charge in [0.25, 0.3) is 0 Å². The van der Waals surface area contributed by atoms with E-state index in [1.807, 2.05) is 44.2 Å². The summed E-state index contributed by atoms with van der Waals surface area (Å²) in [5, 5.41) is 22.7. The zero-order valence-electron chi connectivity index (χ0n) is 14.1. The maximum atomic E-state index is 11.9. The molecule has 0 bridgehead atoms. The number of hydrogen-bond donors (Lipinski definition) is 3. The van der Waals surface area contributed by atoms with Crippen LogP contribution in [-0.4, -0.2) is 40.0 Å². The van der Waals surface area contributed by atoms with Crippen molar-refractivity contribution in [3.05, 3.63) is 36.2 Å². The number of carbonyl (C=O) groups excluding carboxylic acids is 1. The number of benzene rings is 1. The Balaban J connectivity index is 1.80. The van der Waals surface area contributed by atoms with Crippen molar-refractivity contribution in [3.63, 3.8) is 0 Å². The largest absolute Gasteiger partial charge is 0.421 e. The van der Waals surface area contributed by atoms with Crippen LogP contribution < -0.4 is 10.6 Å². The van der Waals surface area contributed by atoms with Gasteiger partial charge in [-0.2, -0.15) is 0 Å². The SMILES string of the molecule is CCC(C)(CCO)NC(=O)NCCc1nnc(-c2ccccc2)o1. The number of aliphatic hydroxyl groups excluding tert-OH is 1. The van der Waals surface area contributed by atoms with Crippen LogP contribution in [0.4, 0.5) is 4.79 Å². The Labute approximate surface area is 141 Å². The Kier molecular flexibility index (Phi) is 6.31. The van der Waals surface area contributed by atoms with Crippen molar-refractivity contribution in [3.8, 4) is 11.5 Å². The highest BCUT2D eigenvalue weighted by Gasteiger charge is 2.23. The maximum Gasteiger partial charge on any atom is 0.315 e. The molecule has 1 aromatic heterocycles. The van der Waals surface area contributed by atoms with Gasteiger partial charge in [-0.1, -0.05) is 25.1 Å². The lowest BCUT2D eigenvalue weighted by molar-refractivity contribution is 0.201. The predicted molar refractivity (Wildman–Crippen MR) is 90.4 cm³/mol. The second kappa shape index (κ2) is 8.44. The van der Waals surface area contributed by atoms with Gasteiger partial charge in [0.05, 0.1) is 0 Å². The van der Waals surface area contributed by atoms with E-state index in [2.05, 4.69) is 20.8 Å². The van der Waals surface area contributed by atoms with Crippen molar-refractivity contribution < 1.29 is 14.3 Å². The molecule has 0 radical (unpaired) electrons. The number of aliphatic hydroxyl groups is 1. The first kappa shape index (κ1) is 17.9. The van der Waals surface area contributed by atoms with Crippen molar-refractivity contribution in [1.82, 2.24) is 20.8 Å². The zero-order valence-corrected chi connectivity index (χ0v) is 14.1. The molecule has 130 valence electrons. The quantitative estimate of drug-likeness (QED) is 0.687. The number of hydrogen-bond acceptors (Lipinski definition) is 5. The molecule has 7 heteroatoms. The van der Waals surface area contributed by atoms with Crippen molar-refractivity contribution in [2.24, 2.45) is 0 Å². The first-order valence-electron chi connectivity index (χ1n) is 8.11. The van der Waals surface area contributed by atoms with Gasteiger partial charge in [-0.15, -0.1) is 10.2 Å². The zero-order chi connectivity index (χ0) is 17.4. The highest BCUT2D eigenvalue weighted by molar-refractivity contribution is 5.74. The lowest BCUT2D eigenvalue weighted by Crippen LogP contribution is -2.50. The third-order valence-electron chi connectivity index (χ3n) is 3.97. The molecular formula is C17H24N4O3. The van der Waals surface area contributed by atoms with Gasteiger partial charge in [-0.3, -0.25) is 0 Å². The standard InChI is InChI=1S/C17H24N4O3/c1-3-17(2,10-12-22)19-16(23)18-11-9-14-20-21-15(24-14)13-7-5-4-6-8-13/h4-8,22H,3,9-12H2,1-2H3,(H2,18,19,23). The van der Waals surface area contributed by atoms with Gasteiger partial charge in [-0.25, -0.2) is 4.79 Å². The molecule has 0 aliphatic rings. The summed E-state index contributed by atoms with van der Waals surface area (Å²) in [5.41, 5.74) is 0.453. The van der Waals surface area contributed by atoms with E-state index in [1.54, 1.807) is 0 Å². The van der Waals surface area contributed by atoms with Crippen LogP contribution in [0.15, 0.2) is 34.7 Å². The molecule has 1 unspecified atom stereocenters. The predicted octanol–water partition coefficient (Wildman–Crippen LogP) is 2.13. The maximum absolute atomic E-state index is 11.9. The molecule has 3 N–H and O–H groups in total. The van der Waals surface area contributed by atoms with Crippen LogP contribution in [0.1, 0.15) is 32.6 Å². The summed E-state index contributed by atoms with van der Waals surface area (Å²) in [7, 11) is 0. The van der Waals surface area contributed by atoms with Crippen LogP contribution in [0.25, 0.3) is 11.5 Å². The topological polar surface area (TPSA) is 100 Å². The van der Waals surface area contributed by atoms with Gasteiger partial charge in [0.2, 0.25) is 11.8 Å². The number of nitrogens with one attached hydrogen (secondary N) is 2. The first-order chi connectivity index (χ1) is 11.6. The van der Waals surface area contributed by atoms with E-state index < -0.39 is 5.54 Å². The normalized spacial score (nSPS) is 13.3. The van der Waals surface area contributed by atoms with Crippen molar-refractivity contribution in [1.29, 1.82) is 0 Å². The smallest absolute Gasteiger partial charge is 0.315 e. The van der Waals surface area contributed by atoms with Crippen LogP contribution in [0.5, 0.6) is 0 Å². The van der Waals surface area contributed by atoms with Gasteiger partial charge in [0.1, 0.15) is 0 Å². The number of aromatic nitrogens is 2. The third-order valence-corrected chi connectivity index (χ3v) is 3.97. The highest BCUT2D eigenvalue weighted by Crippen LogP contribution is 2.17. The van der Waals surface area contributed by atoms with E-state index in [0.29, 0.717) is 31.2 Å². The van der Waals surface area contributed by atoms with E-state index in [0.717, 1.165) is 12.0 Å². The lowest BCUT2D eigenvalue weighted by atomic mass is 9.95. The molecule has 24 heavy (non-hydrogen) atoms. The minimum atomic E-state index is -0.413.